The predicted octanol–water partition coefficient (Wildman–Crippen LogP) is 2.89. The van der Waals surface area contributed by atoms with Gasteiger partial charge in [-0.2, -0.15) is 11.3 Å². The van der Waals surface area contributed by atoms with Crippen molar-refractivity contribution in [1.29, 1.82) is 0 Å². The third-order valence-corrected chi connectivity index (χ3v) is 3.27. The van der Waals surface area contributed by atoms with Gasteiger partial charge in [-0.05, 0) is 33.5 Å². The molecule has 2 rings (SSSR count). The molecule has 0 saturated carbocycles. The highest BCUT2D eigenvalue weighted by Crippen LogP contribution is 2.24. The average molecular weight is 247 g/mol. The molecule has 4 heteroatoms. The minimum absolute atomic E-state index is 0.0439. The summed E-state index contributed by atoms with van der Waals surface area (Å²) >= 11 is 1.65. The van der Waals surface area contributed by atoms with Gasteiger partial charge in [-0.3, -0.25) is 4.79 Å². The lowest BCUT2D eigenvalue weighted by atomic mass is 10.0. The lowest BCUT2D eigenvalue weighted by Crippen LogP contribution is -2.14. The summed E-state index contributed by atoms with van der Waals surface area (Å²) in [5.74, 6) is -0.876. The number of hydrogen-bond acceptors (Lipinski definition) is 3. The molecule has 0 saturated heterocycles. The van der Waals surface area contributed by atoms with Crippen LogP contribution in [0.3, 0.4) is 0 Å². The smallest absolute Gasteiger partial charge is 0.305 e. The molecule has 1 aromatic carbocycles. The number of thiophene rings is 1. The number of nitrogens with two attached hydrogens (primary N) is 1. The number of carboxylic acids is 1. The van der Waals surface area contributed by atoms with E-state index in [0.717, 1.165) is 11.1 Å². The summed E-state index contributed by atoms with van der Waals surface area (Å²) in [6.07, 6.45) is -0.0439. The number of benzene rings is 1. The zero-order valence-electron chi connectivity index (χ0n) is 9.17. The first-order chi connectivity index (χ1) is 8.16. The number of rotatable bonds is 4. The number of aliphatic carboxylic acids is 1. The maximum absolute atomic E-state index is 10.6. The third-order valence-electron chi connectivity index (χ3n) is 2.59. The molecule has 88 valence electrons. The molecule has 0 aliphatic rings. The van der Waals surface area contributed by atoms with Crippen molar-refractivity contribution < 1.29 is 9.90 Å². The summed E-state index contributed by atoms with van der Waals surface area (Å²) < 4.78 is 0. The first-order valence-corrected chi connectivity index (χ1v) is 6.21. The van der Waals surface area contributed by atoms with Crippen LogP contribution in [-0.2, 0) is 4.79 Å². The normalized spacial score (nSPS) is 12.3. The molecule has 1 unspecified atom stereocenters. The molecule has 1 heterocycles. The molecule has 0 amide bonds. The Labute approximate surface area is 104 Å². The molecule has 0 fully saturated rings. The molecule has 0 bridgehead atoms. The summed E-state index contributed by atoms with van der Waals surface area (Å²) in [5, 5.41) is 12.8. The van der Waals surface area contributed by atoms with Crippen LogP contribution in [-0.4, -0.2) is 11.1 Å². The highest BCUT2D eigenvalue weighted by atomic mass is 32.1. The van der Waals surface area contributed by atoms with Gasteiger partial charge >= 0.3 is 5.97 Å². The molecule has 3 nitrogen and oxygen atoms in total. The first kappa shape index (κ1) is 11.8. The van der Waals surface area contributed by atoms with E-state index < -0.39 is 12.0 Å². The van der Waals surface area contributed by atoms with Crippen LogP contribution in [0.2, 0.25) is 0 Å². The second-order valence-corrected chi connectivity index (χ2v) is 4.62. The summed E-state index contributed by atoms with van der Waals surface area (Å²) in [5.41, 5.74) is 8.94. The van der Waals surface area contributed by atoms with Crippen molar-refractivity contribution in [2.75, 3.05) is 0 Å². The minimum atomic E-state index is -0.876. The maximum Gasteiger partial charge on any atom is 0.305 e. The number of hydrogen-bond donors (Lipinski definition) is 2. The van der Waals surface area contributed by atoms with Crippen LogP contribution < -0.4 is 5.73 Å². The largest absolute Gasteiger partial charge is 0.481 e. The topological polar surface area (TPSA) is 63.3 Å². The van der Waals surface area contributed by atoms with Gasteiger partial charge in [-0.1, -0.05) is 24.3 Å². The molecule has 1 aromatic heterocycles. The maximum atomic E-state index is 10.6. The third kappa shape index (κ3) is 2.93. The Kier molecular flexibility index (Phi) is 3.56. The van der Waals surface area contributed by atoms with Crippen LogP contribution >= 0.6 is 11.3 Å². The summed E-state index contributed by atoms with van der Waals surface area (Å²) in [6.45, 7) is 0. The van der Waals surface area contributed by atoms with Gasteiger partial charge in [0.25, 0.3) is 0 Å². The van der Waals surface area contributed by atoms with Crippen LogP contribution in [0.1, 0.15) is 18.0 Å². The zero-order valence-corrected chi connectivity index (χ0v) is 9.98. The van der Waals surface area contributed by atoms with Crippen LogP contribution in [0.5, 0.6) is 0 Å². The van der Waals surface area contributed by atoms with Crippen LogP contribution in [0.4, 0.5) is 0 Å². The van der Waals surface area contributed by atoms with E-state index in [2.05, 4.69) is 11.4 Å². The standard InChI is InChI=1S/C13H13NO2S/c14-12(7-13(15)16)10-3-1-9(2-4-10)11-5-6-17-8-11/h1-6,8,12H,7,14H2,(H,15,16). The molecule has 17 heavy (non-hydrogen) atoms. The van der Waals surface area contributed by atoms with Crippen LogP contribution in [0.15, 0.2) is 41.1 Å². The van der Waals surface area contributed by atoms with E-state index in [1.807, 2.05) is 29.6 Å². The molecule has 0 radical (unpaired) electrons. The minimum Gasteiger partial charge on any atom is -0.481 e. The predicted molar refractivity (Wildman–Crippen MR) is 68.9 cm³/mol. The second-order valence-electron chi connectivity index (χ2n) is 3.84. The van der Waals surface area contributed by atoms with Crippen LogP contribution in [0.25, 0.3) is 11.1 Å². The molecule has 3 N–H and O–H groups in total. The second kappa shape index (κ2) is 5.12. The highest BCUT2D eigenvalue weighted by molar-refractivity contribution is 7.08. The fourth-order valence-corrected chi connectivity index (χ4v) is 2.32. The lowest BCUT2D eigenvalue weighted by molar-refractivity contribution is -0.137. The molecule has 0 spiro atoms. The fourth-order valence-electron chi connectivity index (χ4n) is 1.66. The Morgan fingerprint density at radius 1 is 1.24 bits per heavy atom. The van der Waals surface area contributed by atoms with Gasteiger partial charge in [0, 0.05) is 6.04 Å². The summed E-state index contributed by atoms with van der Waals surface area (Å²) in [7, 11) is 0. The average Bonchev–Trinajstić information content (AvgIpc) is 2.82. The number of carboxylic acid groups (broad SMARTS) is 1. The Balaban J connectivity index is 2.15. The van der Waals surface area contributed by atoms with Crippen molar-refractivity contribution in [3.8, 4) is 11.1 Å². The van der Waals surface area contributed by atoms with E-state index in [4.69, 9.17) is 10.8 Å². The highest BCUT2D eigenvalue weighted by Gasteiger charge is 2.10. The Morgan fingerprint density at radius 2 is 1.94 bits per heavy atom. The van der Waals surface area contributed by atoms with E-state index in [-0.39, 0.29) is 6.42 Å². The van der Waals surface area contributed by atoms with Gasteiger partial charge in [0.2, 0.25) is 0 Å². The Morgan fingerprint density at radius 3 is 2.47 bits per heavy atom. The lowest BCUT2D eigenvalue weighted by Gasteiger charge is -2.09. The van der Waals surface area contributed by atoms with Crippen molar-refractivity contribution in [3.63, 3.8) is 0 Å². The van der Waals surface area contributed by atoms with Crippen molar-refractivity contribution in [1.82, 2.24) is 0 Å². The van der Waals surface area contributed by atoms with Gasteiger partial charge in [-0.25, -0.2) is 0 Å². The molecule has 0 aliphatic heterocycles. The van der Waals surface area contributed by atoms with E-state index in [1.165, 1.54) is 5.56 Å². The fraction of sp³-hybridized carbons (Fsp3) is 0.154. The summed E-state index contributed by atoms with van der Waals surface area (Å²) in [4.78, 5) is 10.6. The first-order valence-electron chi connectivity index (χ1n) is 5.26. The van der Waals surface area contributed by atoms with E-state index in [0.29, 0.717) is 0 Å². The van der Waals surface area contributed by atoms with Crippen LogP contribution in [0, 0.1) is 0 Å². The molecule has 0 aliphatic carbocycles. The van der Waals surface area contributed by atoms with Crippen molar-refractivity contribution in [2.45, 2.75) is 12.5 Å². The van der Waals surface area contributed by atoms with Gasteiger partial charge < -0.3 is 10.8 Å². The van der Waals surface area contributed by atoms with E-state index >= 15 is 0 Å². The Bertz CT molecular complexity index is 491. The zero-order chi connectivity index (χ0) is 12.3. The quantitative estimate of drug-likeness (QED) is 0.873. The monoisotopic (exact) mass is 247 g/mol. The SMILES string of the molecule is NC(CC(=O)O)c1ccc(-c2ccsc2)cc1. The molecule has 2 aromatic rings. The van der Waals surface area contributed by atoms with Crippen molar-refractivity contribution in [2.24, 2.45) is 5.73 Å². The molecular weight excluding hydrogens is 234 g/mol. The van der Waals surface area contributed by atoms with Crippen molar-refractivity contribution in [3.05, 3.63) is 46.7 Å². The molecular formula is C13H13NO2S. The van der Waals surface area contributed by atoms with Crippen molar-refractivity contribution >= 4 is 17.3 Å². The summed E-state index contributed by atoms with van der Waals surface area (Å²) in [6, 6.07) is 9.33. The van der Waals surface area contributed by atoms with E-state index in [9.17, 15) is 4.79 Å². The van der Waals surface area contributed by atoms with E-state index in [1.54, 1.807) is 11.3 Å². The Hall–Kier alpha value is -1.65. The van der Waals surface area contributed by atoms with Gasteiger partial charge in [0.15, 0.2) is 0 Å². The van der Waals surface area contributed by atoms with Gasteiger partial charge in [-0.15, -0.1) is 0 Å². The van der Waals surface area contributed by atoms with Gasteiger partial charge in [0.1, 0.15) is 0 Å². The molecule has 1 atom stereocenters. The number of carbonyl (C=O) groups is 1. The van der Waals surface area contributed by atoms with Gasteiger partial charge in [0.05, 0.1) is 6.42 Å².